The van der Waals surface area contributed by atoms with Crippen LogP contribution in [-0.2, 0) is 24.1 Å². The maximum absolute atomic E-state index is 12.1. The first kappa shape index (κ1) is 17.0. The lowest BCUT2D eigenvalue weighted by Crippen LogP contribution is -2.30. The topological polar surface area (TPSA) is 84.3 Å². The third-order valence-electron chi connectivity index (χ3n) is 4.39. The molecule has 3 rings (SSSR count). The van der Waals surface area contributed by atoms with Gasteiger partial charge in [0, 0.05) is 19.2 Å². The van der Waals surface area contributed by atoms with E-state index >= 15 is 0 Å². The molecule has 0 aliphatic heterocycles. The van der Waals surface area contributed by atoms with E-state index in [9.17, 15) is 14.9 Å². The Morgan fingerprint density at radius 2 is 1.88 bits per heavy atom. The fraction of sp³-hybridized carbons (Fsp3) is 0.316. The molecule has 1 aliphatic rings. The number of aryl methyl sites for hydroxylation is 2. The maximum atomic E-state index is 12.1. The minimum absolute atomic E-state index is 0.0342. The second-order valence-electron chi connectivity index (χ2n) is 6.18. The van der Waals surface area contributed by atoms with E-state index in [4.69, 9.17) is 0 Å². The summed E-state index contributed by atoms with van der Waals surface area (Å²) in [6, 6.07) is 12.8. The summed E-state index contributed by atoms with van der Waals surface area (Å²) in [6.45, 7) is 0.844. The number of amides is 1. The van der Waals surface area contributed by atoms with Crippen LogP contribution >= 0.6 is 0 Å². The number of nitrogens with zero attached hydrogens (tertiary/aromatic N) is 1. The molecule has 130 valence electrons. The van der Waals surface area contributed by atoms with Crippen LogP contribution in [0.2, 0.25) is 0 Å². The molecule has 0 bridgehead atoms. The van der Waals surface area contributed by atoms with Crippen molar-refractivity contribution in [3.63, 3.8) is 0 Å². The number of fused-ring (bicyclic) bond motifs is 1. The molecule has 0 atom stereocenters. The van der Waals surface area contributed by atoms with Gasteiger partial charge in [-0.15, -0.1) is 0 Å². The van der Waals surface area contributed by atoms with Gasteiger partial charge in [-0.1, -0.05) is 30.3 Å². The Morgan fingerprint density at radius 3 is 2.72 bits per heavy atom. The molecular formula is C19H21N3O3. The second kappa shape index (κ2) is 7.79. The lowest BCUT2D eigenvalue weighted by atomic mass is 10.0. The SMILES string of the molecule is O=C(Cc1ccc2c(c1)CCC2)NCCNc1ccccc1[N+](=O)[O-]. The molecule has 6 heteroatoms. The number of hydrogen-bond donors (Lipinski definition) is 2. The zero-order chi connectivity index (χ0) is 17.6. The highest BCUT2D eigenvalue weighted by Gasteiger charge is 2.13. The molecule has 6 nitrogen and oxygen atoms in total. The van der Waals surface area contributed by atoms with Gasteiger partial charge in [-0.05, 0) is 42.0 Å². The molecule has 0 saturated carbocycles. The summed E-state index contributed by atoms with van der Waals surface area (Å²) in [5.41, 5.74) is 4.29. The Labute approximate surface area is 146 Å². The van der Waals surface area contributed by atoms with Crippen molar-refractivity contribution < 1.29 is 9.72 Å². The first-order valence-corrected chi connectivity index (χ1v) is 8.48. The largest absolute Gasteiger partial charge is 0.378 e. The molecule has 0 heterocycles. The predicted octanol–water partition coefficient (Wildman–Crippen LogP) is 2.85. The Morgan fingerprint density at radius 1 is 1.08 bits per heavy atom. The smallest absolute Gasteiger partial charge is 0.292 e. The van der Waals surface area contributed by atoms with Gasteiger partial charge in [-0.2, -0.15) is 0 Å². The number of anilines is 1. The Hall–Kier alpha value is -2.89. The quantitative estimate of drug-likeness (QED) is 0.461. The molecule has 2 aromatic carbocycles. The minimum Gasteiger partial charge on any atom is -0.378 e. The van der Waals surface area contributed by atoms with Crippen molar-refractivity contribution in [2.24, 2.45) is 0 Å². The molecule has 25 heavy (non-hydrogen) atoms. The average molecular weight is 339 g/mol. The van der Waals surface area contributed by atoms with Crippen molar-refractivity contribution in [1.29, 1.82) is 0 Å². The molecule has 0 saturated heterocycles. The van der Waals surface area contributed by atoms with E-state index in [1.54, 1.807) is 18.2 Å². The van der Waals surface area contributed by atoms with Crippen molar-refractivity contribution in [1.82, 2.24) is 5.32 Å². The van der Waals surface area contributed by atoms with Gasteiger partial charge in [-0.25, -0.2) is 0 Å². The van der Waals surface area contributed by atoms with Gasteiger partial charge in [0.1, 0.15) is 5.69 Å². The number of hydrogen-bond acceptors (Lipinski definition) is 4. The lowest BCUT2D eigenvalue weighted by Gasteiger charge is -2.09. The van der Waals surface area contributed by atoms with Crippen LogP contribution in [0.15, 0.2) is 42.5 Å². The first-order chi connectivity index (χ1) is 12.1. The molecule has 0 radical (unpaired) electrons. The van der Waals surface area contributed by atoms with E-state index in [1.165, 1.54) is 23.6 Å². The number of nitrogens with one attached hydrogen (secondary N) is 2. The summed E-state index contributed by atoms with van der Waals surface area (Å²) in [5, 5.41) is 16.8. The lowest BCUT2D eigenvalue weighted by molar-refractivity contribution is -0.384. The highest BCUT2D eigenvalue weighted by molar-refractivity contribution is 5.78. The fourth-order valence-electron chi connectivity index (χ4n) is 3.16. The van der Waals surface area contributed by atoms with Gasteiger partial charge in [0.25, 0.3) is 5.69 Å². The van der Waals surface area contributed by atoms with E-state index < -0.39 is 4.92 Å². The molecule has 0 aromatic heterocycles. The van der Waals surface area contributed by atoms with Crippen LogP contribution in [0.3, 0.4) is 0 Å². The van der Waals surface area contributed by atoms with Gasteiger partial charge in [0.15, 0.2) is 0 Å². The van der Waals surface area contributed by atoms with Crippen molar-refractivity contribution in [3.8, 4) is 0 Å². The highest BCUT2D eigenvalue weighted by Crippen LogP contribution is 2.23. The predicted molar refractivity (Wildman–Crippen MR) is 96.8 cm³/mol. The van der Waals surface area contributed by atoms with Gasteiger partial charge in [0.2, 0.25) is 5.91 Å². The Kier molecular flexibility index (Phi) is 5.28. The molecule has 2 N–H and O–H groups in total. The van der Waals surface area contributed by atoms with E-state index in [0.29, 0.717) is 25.2 Å². The molecule has 0 spiro atoms. The van der Waals surface area contributed by atoms with Gasteiger partial charge in [-0.3, -0.25) is 14.9 Å². The zero-order valence-corrected chi connectivity index (χ0v) is 14.0. The Balaban J connectivity index is 1.45. The number of rotatable bonds is 7. The summed E-state index contributed by atoms with van der Waals surface area (Å²) >= 11 is 0. The number of nitro benzene ring substituents is 1. The van der Waals surface area contributed by atoms with Crippen LogP contribution in [0.4, 0.5) is 11.4 Å². The standard InChI is InChI=1S/C19H21N3O3/c23-19(13-14-8-9-15-4-3-5-16(15)12-14)21-11-10-20-17-6-1-2-7-18(17)22(24)25/h1-2,6-9,12,20H,3-5,10-11,13H2,(H,21,23). The zero-order valence-electron chi connectivity index (χ0n) is 14.0. The minimum atomic E-state index is -0.422. The van der Waals surface area contributed by atoms with Crippen LogP contribution in [0.25, 0.3) is 0 Å². The van der Waals surface area contributed by atoms with E-state index in [1.807, 2.05) is 6.07 Å². The van der Waals surface area contributed by atoms with Gasteiger partial charge < -0.3 is 10.6 Å². The average Bonchev–Trinajstić information content (AvgIpc) is 3.06. The molecule has 1 aliphatic carbocycles. The molecule has 1 amide bonds. The van der Waals surface area contributed by atoms with Crippen molar-refractivity contribution >= 4 is 17.3 Å². The van der Waals surface area contributed by atoms with Crippen LogP contribution in [-0.4, -0.2) is 23.9 Å². The van der Waals surface area contributed by atoms with E-state index in [2.05, 4.69) is 22.8 Å². The van der Waals surface area contributed by atoms with E-state index in [-0.39, 0.29) is 11.6 Å². The van der Waals surface area contributed by atoms with Crippen molar-refractivity contribution in [2.45, 2.75) is 25.7 Å². The molecule has 0 unspecified atom stereocenters. The number of nitro groups is 1. The normalized spacial score (nSPS) is 12.5. The maximum Gasteiger partial charge on any atom is 0.292 e. The van der Waals surface area contributed by atoms with Crippen LogP contribution < -0.4 is 10.6 Å². The third-order valence-corrected chi connectivity index (χ3v) is 4.39. The first-order valence-electron chi connectivity index (χ1n) is 8.48. The highest BCUT2D eigenvalue weighted by atomic mass is 16.6. The Bertz CT molecular complexity index is 789. The van der Waals surface area contributed by atoms with Crippen molar-refractivity contribution in [2.75, 3.05) is 18.4 Å². The van der Waals surface area contributed by atoms with Crippen LogP contribution in [0.5, 0.6) is 0 Å². The summed E-state index contributed by atoms with van der Waals surface area (Å²) < 4.78 is 0. The number of carbonyl (C=O) groups excluding carboxylic acids is 1. The van der Waals surface area contributed by atoms with Gasteiger partial charge in [0.05, 0.1) is 11.3 Å². The second-order valence-corrected chi connectivity index (χ2v) is 6.18. The number of carbonyl (C=O) groups is 1. The summed E-state index contributed by atoms with van der Waals surface area (Å²) in [4.78, 5) is 22.6. The van der Waals surface area contributed by atoms with E-state index in [0.717, 1.165) is 18.4 Å². The number of benzene rings is 2. The molecule has 0 fully saturated rings. The molecular weight excluding hydrogens is 318 g/mol. The van der Waals surface area contributed by atoms with Crippen LogP contribution in [0, 0.1) is 10.1 Å². The molecule has 2 aromatic rings. The van der Waals surface area contributed by atoms with Gasteiger partial charge >= 0.3 is 0 Å². The summed E-state index contributed by atoms with van der Waals surface area (Å²) in [6.07, 6.45) is 3.80. The van der Waals surface area contributed by atoms with Crippen LogP contribution in [0.1, 0.15) is 23.1 Å². The summed E-state index contributed by atoms with van der Waals surface area (Å²) in [7, 11) is 0. The summed E-state index contributed by atoms with van der Waals surface area (Å²) in [5.74, 6) is -0.0395. The third kappa shape index (κ3) is 4.35. The van der Waals surface area contributed by atoms with Crippen molar-refractivity contribution in [3.05, 3.63) is 69.3 Å². The number of para-hydroxylation sites is 2. The monoisotopic (exact) mass is 339 g/mol. The fourth-order valence-corrected chi connectivity index (χ4v) is 3.16.